The highest BCUT2D eigenvalue weighted by molar-refractivity contribution is 7.93. The molecule has 2 aliphatic rings. The van der Waals surface area contributed by atoms with Crippen LogP contribution in [0.4, 0.5) is 24.5 Å². The Bertz CT molecular complexity index is 1960. The molecule has 0 fully saturated rings. The zero-order valence-electron chi connectivity index (χ0n) is 25.4. The van der Waals surface area contributed by atoms with Gasteiger partial charge in [0.15, 0.2) is 0 Å². The number of ether oxygens (including phenoxy) is 2. The van der Waals surface area contributed by atoms with Crippen molar-refractivity contribution >= 4 is 56.2 Å². The lowest BCUT2D eigenvalue weighted by molar-refractivity contribution is -0.274. The van der Waals surface area contributed by atoms with Crippen molar-refractivity contribution in [2.24, 2.45) is 0 Å². The molecule has 2 N–H and O–H groups in total. The van der Waals surface area contributed by atoms with Gasteiger partial charge in [-0.3, -0.25) is 9.44 Å². The van der Waals surface area contributed by atoms with Crippen molar-refractivity contribution in [1.29, 1.82) is 0 Å². The van der Waals surface area contributed by atoms with Gasteiger partial charge < -0.3 is 18.8 Å². The Kier molecular flexibility index (Phi) is 9.82. The predicted molar refractivity (Wildman–Crippen MR) is 173 cm³/mol. The summed E-state index contributed by atoms with van der Waals surface area (Å²) in [5.74, 6) is 0.123. The number of sulfonamides is 2. The van der Waals surface area contributed by atoms with Gasteiger partial charge in [-0.05, 0) is 94.8 Å². The number of hydrogen-bond donors (Lipinski definition) is 2. The summed E-state index contributed by atoms with van der Waals surface area (Å²) in [6.07, 6.45) is -4.83. The van der Waals surface area contributed by atoms with Crippen LogP contribution in [0.5, 0.6) is 11.5 Å². The molecule has 246 valence electrons. The minimum atomic E-state index is -4.83. The van der Waals surface area contributed by atoms with Crippen LogP contribution in [0.1, 0.15) is 11.1 Å². The first kappa shape index (κ1) is 34.2. The molecule has 0 saturated heterocycles. The van der Waals surface area contributed by atoms with E-state index < -0.39 is 32.2 Å². The summed E-state index contributed by atoms with van der Waals surface area (Å²) in [5, 5.41) is 0. The number of alkyl halides is 3. The first-order chi connectivity index (χ1) is 22.1. The predicted octanol–water partition coefficient (Wildman–Crippen LogP) is 4.60. The Morgan fingerprint density at radius 3 is 1.45 bits per heavy atom. The van der Waals surface area contributed by atoms with Gasteiger partial charge in [-0.1, -0.05) is 25.8 Å². The molecule has 0 aromatic heterocycles. The first-order valence-electron chi connectivity index (χ1n) is 14.2. The SMILES string of the molecule is CB1OCc2ccc(NS(=O)(=O)c3ccc(OC(F)(F)F)cc3)cc21.COc1ccc(S(=O)(=O)Nc2ccc3c(c2)B(C)OC3)cc1. The normalized spacial score (nSPS) is 14.1. The Balaban J connectivity index is 0.000000186. The van der Waals surface area contributed by atoms with Gasteiger partial charge >= 0.3 is 20.2 Å². The van der Waals surface area contributed by atoms with Crippen LogP contribution in [0.3, 0.4) is 0 Å². The van der Waals surface area contributed by atoms with E-state index in [0.717, 1.165) is 46.3 Å². The number of rotatable bonds is 8. The highest BCUT2D eigenvalue weighted by Crippen LogP contribution is 2.25. The minimum Gasteiger partial charge on any atom is -0.497 e. The van der Waals surface area contributed by atoms with E-state index >= 15 is 0 Å². The van der Waals surface area contributed by atoms with Crippen molar-refractivity contribution in [3.05, 3.63) is 96.1 Å². The largest absolute Gasteiger partial charge is 0.573 e. The molecule has 0 saturated carbocycles. The molecule has 0 amide bonds. The highest BCUT2D eigenvalue weighted by Gasteiger charge is 2.31. The first-order valence-corrected chi connectivity index (χ1v) is 17.1. The molecule has 0 radical (unpaired) electrons. The number of methoxy groups -OCH3 is 1. The van der Waals surface area contributed by atoms with Crippen molar-refractivity contribution in [2.75, 3.05) is 16.6 Å². The fourth-order valence-electron chi connectivity index (χ4n) is 4.95. The van der Waals surface area contributed by atoms with E-state index in [1.165, 1.54) is 19.2 Å². The average molecular weight is 688 g/mol. The van der Waals surface area contributed by atoms with Crippen LogP contribution in [0.15, 0.2) is 94.7 Å². The van der Waals surface area contributed by atoms with Crippen molar-refractivity contribution in [1.82, 2.24) is 0 Å². The van der Waals surface area contributed by atoms with Gasteiger partial charge in [0.2, 0.25) is 0 Å². The third-order valence-corrected chi connectivity index (χ3v) is 10.2. The van der Waals surface area contributed by atoms with Gasteiger partial charge in [-0.25, -0.2) is 16.8 Å². The van der Waals surface area contributed by atoms with Crippen molar-refractivity contribution in [2.45, 2.75) is 43.0 Å². The average Bonchev–Trinajstić information content (AvgIpc) is 3.58. The smallest absolute Gasteiger partial charge is 0.497 e. The maximum Gasteiger partial charge on any atom is 0.573 e. The third kappa shape index (κ3) is 8.41. The Labute approximate surface area is 271 Å². The number of benzene rings is 4. The van der Waals surface area contributed by atoms with Crippen molar-refractivity contribution < 1.29 is 48.8 Å². The van der Waals surface area contributed by atoms with Crippen LogP contribution >= 0.6 is 0 Å². The van der Waals surface area contributed by atoms with E-state index in [1.54, 1.807) is 36.4 Å². The molecule has 47 heavy (non-hydrogen) atoms. The standard InChI is InChI=1S/C15H13BF3NO4S.C15H16BNO4S/c1-16-14-8-11(3-2-10(14)9-23-16)20-25(21,22)13-6-4-12(5-7-13)24-15(17,18)19;1-16-15-9-12(4-3-11(15)10-21-16)17-22(18,19)14-7-5-13(20-2)6-8-14/h2-8,20H,9H2,1H3;3-9,17H,10H2,1-2H3. The molecule has 4 aromatic carbocycles. The lowest BCUT2D eigenvalue weighted by Gasteiger charge is -2.11. The van der Waals surface area contributed by atoms with E-state index in [-0.39, 0.29) is 23.6 Å². The van der Waals surface area contributed by atoms with E-state index in [2.05, 4.69) is 14.2 Å². The van der Waals surface area contributed by atoms with Gasteiger partial charge in [-0.2, -0.15) is 0 Å². The van der Waals surface area contributed by atoms with Crippen LogP contribution in [0, 0.1) is 0 Å². The quantitative estimate of drug-likeness (QED) is 0.257. The molecular formula is C30H29B2F3N2O8S2. The minimum absolute atomic E-state index is 0.0135. The second-order valence-corrected chi connectivity index (χ2v) is 14.0. The zero-order chi connectivity index (χ0) is 34.0. The summed E-state index contributed by atoms with van der Waals surface area (Å²) in [6, 6.07) is 20.8. The van der Waals surface area contributed by atoms with Gasteiger partial charge in [0.25, 0.3) is 20.0 Å². The summed E-state index contributed by atoms with van der Waals surface area (Å²) in [6.45, 7) is 4.72. The Hall–Kier alpha value is -4.18. The lowest BCUT2D eigenvalue weighted by Crippen LogP contribution is -2.25. The fraction of sp³-hybridized carbons (Fsp3) is 0.200. The highest BCUT2D eigenvalue weighted by atomic mass is 32.2. The van der Waals surface area contributed by atoms with Crippen LogP contribution in [-0.4, -0.2) is 44.1 Å². The van der Waals surface area contributed by atoms with Gasteiger partial charge in [0.05, 0.1) is 30.1 Å². The van der Waals surface area contributed by atoms with E-state index in [0.29, 0.717) is 30.3 Å². The second kappa shape index (κ2) is 13.5. The van der Waals surface area contributed by atoms with Gasteiger partial charge in [0, 0.05) is 11.4 Å². The number of nitrogens with one attached hydrogen (secondary N) is 2. The molecule has 2 aliphatic heterocycles. The maximum atomic E-state index is 12.4. The maximum absolute atomic E-state index is 12.4. The molecule has 0 bridgehead atoms. The topological polar surface area (TPSA) is 129 Å². The summed E-state index contributed by atoms with van der Waals surface area (Å²) in [4.78, 5) is 0.0184. The summed E-state index contributed by atoms with van der Waals surface area (Å²) >= 11 is 0. The molecule has 0 atom stereocenters. The molecule has 4 aromatic rings. The number of hydrogen-bond acceptors (Lipinski definition) is 8. The number of halogens is 3. The van der Waals surface area contributed by atoms with Crippen LogP contribution in [0.2, 0.25) is 13.6 Å². The van der Waals surface area contributed by atoms with Gasteiger partial charge in [-0.15, -0.1) is 13.2 Å². The van der Waals surface area contributed by atoms with Crippen molar-refractivity contribution in [3.63, 3.8) is 0 Å². The summed E-state index contributed by atoms with van der Waals surface area (Å²) in [5.41, 5.74) is 4.90. The van der Waals surface area contributed by atoms with Gasteiger partial charge in [0.1, 0.15) is 11.5 Å². The molecule has 17 heteroatoms. The monoisotopic (exact) mass is 688 g/mol. The second-order valence-electron chi connectivity index (χ2n) is 10.6. The van der Waals surface area contributed by atoms with Crippen LogP contribution in [-0.2, 0) is 42.6 Å². The molecular weight excluding hydrogens is 659 g/mol. The fourth-order valence-corrected chi connectivity index (χ4v) is 7.05. The molecule has 0 spiro atoms. The Morgan fingerprint density at radius 2 is 1.06 bits per heavy atom. The van der Waals surface area contributed by atoms with Crippen LogP contribution in [0.25, 0.3) is 0 Å². The summed E-state index contributed by atoms with van der Waals surface area (Å²) in [7, 11) is -6.02. The zero-order valence-corrected chi connectivity index (χ0v) is 27.0. The number of fused-ring (bicyclic) bond motifs is 2. The lowest BCUT2D eigenvalue weighted by atomic mass is 9.64. The summed E-state index contributed by atoms with van der Waals surface area (Å²) < 4.78 is 111. The van der Waals surface area contributed by atoms with E-state index in [1.807, 2.05) is 25.8 Å². The molecule has 0 aliphatic carbocycles. The Morgan fingerprint density at radius 1 is 0.660 bits per heavy atom. The third-order valence-electron chi connectivity index (χ3n) is 7.39. The van der Waals surface area contributed by atoms with E-state index in [4.69, 9.17) is 14.0 Å². The molecule has 10 nitrogen and oxygen atoms in total. The van der Waals surface area contributed by atoms with Crippen LogP contribution < -0.4 is 29.8 Å². The molecule has 2 heterocycles. The molecule has 0 unspecified atom stereocenters. The number of anilines is 2. The molecule has 6 rings (SSSR count). The van der Waals surface area contributed by atoms with E-state index in [9.17, 15) is 30.0 Å². The van der Waals surface area contributed by atoms with Crippen molar-refractivity contribution in [3.8, 4) is 11.5 Å².